The second-order valence-corrected chi connectivity index (χ2v) is 5.82. The van der Waals surface area contributed by atoms with E-state index in [1.807, 2.05) is 19.9 Å². The first-order chi connectivity index (χ1) is 11.4. The lowest BCUT2D eigenvalue weighted by Gasteiger charge is -2.14. The van der Waals surface area contributed by atoms with Crippen molar-refractivity contribution >= 4 is 17.5 Å². The van der Waals surface area contributed by atoms with Gasteiger partial charge in [-0.15, -0.1) is 0 Å². The van der Waals surface area contributed by atoms with E-state index in [9.17, 15) is 14.4 Å². The Bertz CT molecular complexity index is 795. The molecule has 2 aromatic rings. The van der Waals surface area contributed by atoms with Gasteiger partial charge in [0.1, 0.15) is 12.2 Å². The van der Waals surface area contributed by atoms with Crippen molar-refractivity contribution in [2.24, 2.45) is 0 Å². The first-order valence-corrected chi connectivity index (χ1v) is 7.74. The predicted molar refractivity (Wildman–Crippen MR) is 93.1 cm³/mol. The maximum Gasteiger partial charge on any atom is 0.274 e. The van der Waals surface area contributed by atoms with E-state index in [1.165, 1.54) is 4.57 Å². The van der Waals surface area contributed by atoms with Gasteiger partial charge in [0.25, 0.3) is 11.5 Å². The number of hydrogen-bond acceptors (Lipinski definition) is 3. The number of hydrogen-bond donors (Lipinski definition) is 2. The van der Waals surface area contributed by atoms with Crippen LogP contribution in [0.3, 0.4) is 0 Å². The van der Waals surface area contributed by atoms with Gasteiger partial charge in [-0.2, -0.15) is 0 Å². The molecule has 6 heteroatoms. The molecule has 0 atom stereocenters. The quantitative estimate of drug-likeness (QED) is 0.880. The minimum Gasteiger partial charge on any atom is -0.352 e. The molecule has 2 rings (SSSR count). The Morgan fingerprint density at radius 3 is 2.38 bits per heavy atom. The summed E-state index contributed by atoms with van der Waals surface area (Å²) >= 11 is 0. The highest BCUT2D eigenvalue weighted by Crippen LogP contribution is 2.07. The minimum absolute atomic E-state index is 0.00512. The van der Waals surface area contributed by atoms with Crippen molar-refractivity contribution in [3.05, 3.63) is 64.1 Å². The summed E-state index contributed by atoms with van der Waals surface area (Å²) in [5.74, 6) is -0.614. The lowest BCUT2D eigenvalue weighted by Crippen LogP contribution is -2.37. The van der Waals surface area contributed by atoms with Crippen LogP contribution in [0.15, 0.2) is 47.3 Å². The Morgan fingerprint density at radius 1 is 1.08 bits per heavy atom. The van der Waals surface area contributed by atoms with Crippen molar-refractivity contribution in [3.63, 3.8) is 0 Å². The molecule has 1 aromatic heterocycles. The molecular weight excluding hydrogens is 306 g/mol. The van der Waals surface area contributed by atoms with Gasteiger partial charge in [-0.05, 0) is 45.0 Å². The molecule has 0 bridgehead atoms. The molecular formula is C18H21N3O3. The van der Waals surface area contributed by atoms with Crippen molar-refractivity contribution in [2.75, 3.05) is 5.32 Å². The Hall–Kier alpha value is -2.89. The molecule has 1 aromatic carbocycles. The molecule has 0 aliphatic carbocycles. The van der Waals surface area contributed by atoms with Gasteiger partial charge in [0.05, 0.1) is 0 Å². The summed E-state index contributed by atoms with van der Waals surface area (Å²) in [7, 11) is 0. The largest absolute Gasteiger partial charge is 0.352 e. The van der Waals surface area contributed by atoms with Crippen LogP contribution in [0.25, 0.3) is 0 Å². The van der Waals surface area contributed by atoms with E-state index >= 15 is 0 Å². The summed E-state index contributed by atoms with van der Waals surface area (Å²) in [4.78, 5) is 36.7. The first-order valence-electron chi connectivity index (χ1n) is 7.74. The lowest BCUT2D eigenvalue weighted by atomic mass is 10.2. The second kappa shape index (κ2) is 7.59. The van der Waals surface area contributed by atoms with E-state index in [-0.39, 0.29) is 30.1 Å². The van der Waals surface area contributed by atoms with E-state index in [0.29, 0.717) is 11.3 Å². The van der Waals surface area contributed by atoms with Gasteiger partial charge in [0, 0.05) is 17.3 Å². The molecule has 6 nitrogen and oxygen atoms in total. The number of aryl methyl sites for hydroxylation is 1. The molecule has 1 heterocycles. The zero-order chi connectivity index (χ0) is 17.7. The molecule has 0 radical (unpaired) electrons. The van der Waals surface area contributed by atoms with Gasteiger partial charge in [-0.3, -0.25) is 14.4 Å². The van der Waals surface area contributed by atoms with Crippen molar-refractivity contribution in [1.82, 2.24) is 9.88 Å². The molecule has 2 amide bonds. The fraction of sp³-hybridized carbons (Fsp3) is 0.278. The van der Waals surface area contributed by atoms with E-state index < -0.39 is 5.56 Å². The van der Waals surface area contributed by atoms with Crippen LogP contribution < -0.4 is 16.2 Å². The average Bonchev–Trinajstić information content (AvgIpc) is 2.54. The van der Waals surface area contributed by atoms with Crippen molar-refractivity contribution in [1.29, 1.82) is 0 Å². The third-order valence-electron chi connectivity index (χ3n) is 3.43. The third-order valence-corrected chi connectivity index (χ3v) is 3.43. The van der Waals surface area contributed by atoms with Crippen LogP contribution in [0, 0.1) is 6.92 Å². The number of aromatic nitrogens is 1. The van der Waals surface area contributed by atoms with Crippen LogP contribution in [-0.2, 0) is 11.3 Å². The molecule has 126 valence electrons. The number of rotatable bonds is 5. The molecule has 0 saturated carbocycles. The van der Waals surface area contributed by atoms with E-state index in [0.717, 1.165) is 0 Å². The second-order valence-electron chi connectivity index (χ2n) is 5.82. The van der Waals surface area contributed by atoms with Crippen LogP contribution in [0.4, 0.5) is 5.69 Å². The highest BCUT2D eigenvalue weighted by atomic mass is 16.2. The number of carbonyl (C=O) groups is 2. The summed E-state index contributed by atoms with van der Waals surface area (Å²) in [6, 6.07) is 11.9. The van der Waals surface area contributed by atoms with Gasteiger partial charge < -0.3 is 15.2 Å². The number of nitrogens with zero attached hydrogens (tertiary/aromatic N) is 1. The van der Waals surface area contributed by atoms with E-state index in [2.05, 4.69) is 10.6 Å². The summed E-state index contributed by atoms with van der Waals surface area (Å²) in [6.07, 6.45) is 0. The van der Waals surface area contributed by atoms with Crippen molar-refractivity contribution in [3.8, 4) is 0 Å². The molecule has 2 N–H and O–H groups in total. The van der Waals surface area contributed by atoms with Crippen molar-refractivity contribution in [2.45, 2.75) is 33.4 Å². The first kappa shape index (κ1) is 17.5. The summed E-state index contributed by atoms with van der Waals surface area (Å²) in [5.41, 5.74) is 0.850. The molecule has 0 unspecified atom stereocenters. The highest BCUT2D eigenvalue weighted by Gasteiger charge is 2.13. The van der Waals surface area contributed by atoms with Crippen LogP contribution in [0.5, 0.6) is 0 Å². The van der Waals surface area contributed by atoms with Crippen molar-refractivity contribution < 1.29 is 9.59 Å². The summed E-state index contributed by atoms with van der Waals surface area (Å²) in [6.45, 7) is 5.36. The molecule has 0 aliphatic heterocycles. The van der Waals surface area contributed by atoms with Crippen LogP contribution in [-0.4, -0.2) is 22.4 Å². The Kier molecular flexibility index (Phi) is 5.52. The number of amides is 2. The number of nitrogens with one attached hydrogen (secondary N) is 2. The zero-order valence-corrected chi connectivity index (χ0v) is 14.0. The normalized spacial score (nSPS) is 10.5. The zero-order valence-electron chi connectivity index (χ0n) is 14.0. The average molecular weight is 327 g/mol. The Balaban J connectivity index is 2.23. The summed E-state index contributed by atoms with van der Waals surface area (Å²) in [5, 5.41) is 5.35. The minimum atomic E-state index is -0.404. The topological polar surface area (TPSA) is 80.2 Å². The van der Waals surface area contributed by atoms with E-state index in [4.69, 9.17) is 0 Å². The van der Waals surface area contributed by atoms with Gasteiger partial charge in [0.15, 0.2) is 0 Å². The Morgan fingerprint density at radius 2 is 1.75 bits per heavy atom. The molecule has 0 fully saturated rings. The molecule has 0 saturated heterocycles. The van der Waals surface area contributed by atoms with Gasteiger partial charge in [-0.25, -0.2) is 0 Å². The maximum absolute atomic E-state index is 12.5. The number of pyridine rings is 1. The monoisotopic (exact) mass is 327 g/mol. The SMILES string of the molecule is Cc1ccc(NC(=O)c2ccccc2)c(=O)n1CC(=O)NC(C)C. The van der Waals surface area contributed by atoms with Crippen LogP contribution >= 0.6 is 0 Å². The number of carbonyl (C=O) groups excluding carboxylic acids is 2. The molecule has 0 spiro atoms. The van der Waals surface area contributed by atoms with Gasteiger partial charge >= 0.3 is 0 Å². The van der Waals surface area contributed by atoms with E-state index in [1.54, 1.807) is 43.3 Å². The van der Waals surface area contributed by atoms with Gasteiger partial charge in [0.2, 0.25) is 5.91 Å². The smallest absolute Gasteiger partial charge is 0.274 e. The predicted octanol–water partition coefficient (Wildman–Crippen LogP) is 1.93. The fourth-order valence-electron chi connectivity index (χ4n) is 2.26. The third kappa shape index (κ3) is 4.32. The molecule has 24 heavy (non-hydrogen) atoms. The van der Waals surface area contributed by atoms with Gasteiger partial charge in [-0.1, -0.05) is 18.2 Å². The standard InChI is InChI=1S/C18H21N3O3/c1-12(2)19-16(22)11-21-13(3)9-10-15(18(21)24)20-17(23)14-7-5-4-6-8-14/h4-10,12H,11H2,1-3H3,(H,19,22)(H,20,23). The highest BCUT2D eigenvalue weighted by molar-refractivity contribution is 6.04. The number of anilines is 1. The lowest BCUT2D eigenvalue weighted by molar-refractivity contribution is -0.122. The molecule has 0 aliphatic rings. The Labute approximate surface area is 140 Å². The van der Waals surface area contributed by atoms with Crippen LogP contribution in [0.2, 0.25) is 0 Å². The summed E-state index contributed by atoms with van der Waals surface area (Å²) < 4.78 is 1.35. The number of benzene rings is 1. The fourth-order valence-corrected chi connectivity index (χ4v) is 2.26. The maximum atomic E-state index is 12.5. The van der Waals surface area contributed by atoms with Crippen LogP contribution in [0.1, 0.15) is 29.9 Å².